The molecule has 0 atom stereocenters. The lowest BCUT2D eigenvalue weighted by Gasteiger charge is -2.04. The minimum absolute atomic E-state index is 0.272. The number of thiol groups is 1. The van der Waals surface area contributed by atoms with E-state index in [-0.39, 0.29) is 5.69 Å². The second kappa shape index (κ2) is 4.38. The summed E-state index contributed by atoms with van der Waals surface area (Å²) >= 11 is 3.13. The molecule has 6 heteroatoms. The molecule has 0 aliphatic rings. The molecule has 0 saturated carbocycles. The van der Waals surface area contributed by atoms with Crippen molar-refractivity contribution in [1.82, 2.24) is 0 Å². The lowest BCUT2D eigenvalue weighted by molar-refractivity contribution is 0.112. The van der Waals surface area contributed by atoms with Gasteiger partial charge < -0.3 is 0 Å². The van der Waals surface area contributed by atoms with E-state index in [9.17, 15) is 13.2 Å². The lowest BCUT2D eigenvalue weighted by atomic mass is 10.2. The molecule has 0 aliphatic heterocycles. The highest BCUT2D eigenvalue weighted by molar-refractivity contribution is 9.10. The predicted molar refractivity (Wildman–Crippen MR) is 53.5 cm³/mol. The van der Waals surface area contributed by atoms with Crippen LogP contribution in [0.15, 0.2) is 22.7 Å². The van der Waals surface area contributed by atoms with Crippen molar-refractivity contribution in [3.8, 4) is 0 Å². The summed E-state index contributed by atoms with van der Waals surface area (Å²) in [6.07, 6.45) is 0.589. The van der Waals surface area contributed by atoms with Crippen molar-refractivity contribution in [3.63, 3.8) is 0 Å². The maximum absolute atomic E-state index is 10.5. The molecule has 1 aromatic carbocycles. The Balaban J connectivity index is 3.22. The van der Waals surface area contributed by atoms with Crippen LogP contribution in [0.25, 0.3) is 0 Å². The highest BCUT2D eigenvalue weighted by Crippen LogP contribution is 2.24. The van der Waals surface area contributed by atoms with E-state index in [0.29, 0.717) is 16.3 Å². The van der Waals surface area contributed by atoms with Crippen LogP contribution >= 0.6 is 15.9 Å². The Bertz CT molecular complexity index is 395. The first-order valence-electron chi connectivity index (χ1n) is 3.30. The zero-order valence-corrected chi connectivity index (χ0v) is 8.84. The van der Waals surface area contributed by atoms with Crippen molar-refractivity contribution in [1.29, 1.82) is 0 Å². The van der Waals surface area contributed by atoms with E-state index in [1.807, 2.05) is 0 Å². The van der Waals surface area contributed by atoms with Crippen LogP contribution < -0.4 is 4.72 Å². The van der Waals surface area contributed by atoms with Crippen molar-refractivity contribution in [2.75, 3.05) is 4.72 Å². The topological polar surface area (TPSA) is 63.2 Å². The minimum atomic E-state index is -2.75. The standard InChI is InChI=1S/C7H6BrNO3S/c8-6-3-1-2-5(4-10)7(6)9-13(11)12/h1-4,13H,(H,9,11,12). The molecule has 0 aromatic heterocycles. The number of rotatable bonds is 3. The van der Waals surface area contributed by atoms with Crippen molar-refractivity contribution in [3.05, 3.63) is 28.2 Å². The number of anilines is 1. The molecule has 0 fully saturated rings. The molecule has 0 radical (unpaired) electrons. The van der Waals surface area contributed by atoms with Gasteiger partial charge >= 0.3 is 0 Å². The fraction of sp³-hybridized carbons (Fsp3) is 0. The SMILES string of the molecule is O=Cc1cccc(Br)c1N[SH](=O)=O. The van der Waals surface area contributed by atoms with Crippen LogP contribution in [0.2, 0.25) is 0 Å². The monoisotopic (exact) mass is 263 g/mol. The van der Waals surface area contributed by atoms with E-state index in [1.165, 1.54) is 6.07 Å². The summed E-state index contributed by atoms with van der Waals surface area (Å²) in [6.45, 7) is 0. The van der Waals surface area contributed by atoms with E-state index < -0.39 is 10.9 Å². The molecule has 0 unspecified atom stereocenters. The maximum atomic E-state index is 10.5. The van der Waals surface area contributed by atoms with Crippen LogP contribution in [0.1, 0.15) is 10.4 Å². The third-order valence-corrected chi connectivity index (χ3v) is 2.44. The number of nitrogens with one attached hydrogen (secondary N) is 1. The zero-order chi connectivity index (χ0) is 9.84. The predicted octanol–water partition coefficient (Wildman–Crippen LogP) is 1.20. The Morgan fingerprint density at radius 1 is 1.38 bits per heavy atom. The van der Waals surface area contributed by atoms with Crippen LogP contribution in [0.3, 0.4) is 0 Å². The van der Waals surface area contributed by atoms with Crippen LogP contribution in [-0.4, -0.2) is 14.7 Å². The van der Waals surface area contributed by atoms with Gasteiger partial charge in [0.05, 0.1) is 5.69 Å². The number of aldehydes is 1. The van der Waals surface area contributed by atoms with Crippen LogP contribution in [-0.2, 0) is 10.9 Å². The lowest BCUT2D eigenvalue weighted by Crippen LogP contribution is -1.99. The van der Waals surface area contributed by atoms with Gasteiger partial charge in [-0.25, -0.2) is 8.42 Å². The molecule has 0 amide bonds. The average Bonchev–Trinajstić information content (AvgIpc) is 2.08. The van der Waals surface area contributed by atoms with Gasteiger partial charge in [0.25, 0.3) is 0 Å². The van der Waals surface area contributed by atoms with E-state index in [1.54, 1.807) is 12.1 Å². The smallest absolute Gasteiger partial charge is 0.222 e. The fourth-order valence-electron chi connectivity index (χ4n) is 0.848. The van der Waals surface area contributed by atoms with Gasteiger partial charge in [-0.15, -0.1) is 0 Å². The summed E-state index contributed by atoms with van der Waals surface area (Å²) in [5.74, 6) is 0. The van der Waals surface area contributed by atoms with Gasteiger partial charge in [0.15, 0.2) is 6.29 Å². The van der Waals surface area contributed by atoms with E-state index >= 15 is 0 Å². The molecule has 1 aromatic rings. The highest BCUT2D eigenvalue weighted by Gasteiger charge is 2.05. The zero-order valence-electron chi connectivity index (χ0n) is 6.36. The normalized spacial score (nSPS) is 10.0. The number of hydrogen-bond donors (Lipinski definition) is 2. The molecule has 13 heavy (non-hydrogen) atoms. The minimum Gasteiger partial charge on any atom is -0.298 e. The van der Waals surface area contributed by atoms with Crippen molar-refractivity contribution < 1.29 is 13.2 Å². The number of carbonyl (C=O) groups excluding carboxylic acids is 1. The Labute approximate surface area is 85.2 Å². The first-order valence-corrected chi connectivity index (χ1v) is 5.27. The van der Waals surface area contributed by atoms with E-state index in [0.717, 1.165) is 0 Å². The Kier molecular flexibility index (Phi) is 3.44. The van der Waals surface area contributed by atoms with Crippen LogP contribution in [0, 0.1) is 0 Å². The van der Waals surface area contributed by atoms with Gasteiger partial charge in [-0.1, -0.05) is 6.07 Å². The Hall–Kier alpha value is -0.880. The molecule has 0 heterocycles. The van der Waals surface area contributed by atoms with Gasteiger partial charge in [-0.3, -0.25) is 9.52 Å². The Morgan fingerprint density at radius 3 is 2.62 bits per heavy atom. The first-order chi connectivity index (χ1) is 6.15. The highest BCUT2D eigenvalue weighted by atomic mass is 79.9. The van der Waals surface area contributed by atoms with Gasteiger partial charge in [-0.05, 0) is 28.1 Å². The second-order valence-corrected chi connectivity index (χ2v) is 3.78. The van der Waals surface area contributed by atoms with E-state index in [4.69, 9.17) is 0 Å². The molecule has 0 bridgehead atoms. The molecule has 0 spiro atoms. The molecule has 0 aliphatic carbocycles. The summed E-state index contributed by atoms with van der Waals surface area (Å²) in [7, 11) is -2.75. The molecule has 70 valence electrons. The van der Waals surface area contributed by atoms with Gasteiger partial charge in [-0.2, -0.15) is 0 Å². The molecule has 0 saturated heterocycles. The number of carbonyl (C=O) groups is 1. The summed E-state index contributed by atoms with van der Waals surface area (Å²) in [4.78, 5) is 10.5. The third-order valence-electron chi connectivity index (χ3n) is 1.38. The maximum Gasteiger partial charge on any atom is 0.222 e. The summed E-state index contributed by atoms with van der Waals surface area (Å²) in [5, 5.41) is 0. The molecule has 4 nitrogen and oxygen atoms in total. The molecular weight excluding hydrogens is 258 g/mol. The fourth-order valence-corrected chi connectivity index (χ4v) is 1.91. The molecular formula is C7H6BrNO3S. The van der Waals surface area contributed by atoms with E-state index in [2.05, 4.69) is 20.7 Å². The molecule has 1 rings (SSSR count). The third kappa shape index (κ3) is 2.53. The number of halogens is 1. The Morgan fingerprint density at radius 2 is 2.08 bits per heavy atom. The van der Waals surface area contributed by atoms with Gasteiger partial charge in [0, 0.05) is 10.0 Å². The van der Waals surface area contributed by atoms with Gasteiger partial charge in [0.2, 0.25) is 10.9 Å². The number of benzene rings is 1. The van der Waals surface area contributed by atoms with Crippen molar-refractivity contribution >= 4 is 38.8 Å². The van der Waals surface area contributed by atoms with Crippen molar-refractivity contribution in [2.24, 2.45) is 0 Å². The quantitative estimate of drug-likeness (QED) is 0.637. The first kappa shape index (κ1) is 10.2. The number of para-hydroxylation sites is 1. The molecule has 1 N–H and O–H groups in total. The van der Waals surface area contributed by atoms with Gasteiger partial charge in [0.1, 0.15) is 0 Å². The summed E-state index contributed by atoms with van der Waals surface area (Å²) in [5.41, 5.74) is 0.571. The number of hydrogen-bond acceptors (Lipinski definition) is 3. The summed E-state index contributed by atoms with van der Waals surface area (Å²) in [6, 6.07) is 4.82. The largest absolute Gasteiger partial charge is 0.298 e. The second-order valence-electron chi connectivity index (χ2n) is 2.19. The average molecular weight is 264 g/mol. The van der Waals surface area contributed by atoms with Crippen molar-refractivity contribution in [2.45, 2.75) is 0 Å². The van der Waals surface area contributed by atoms with Crippen LogP contribution in [0.5, 0.6) is 0 Å². The summed E-state index contributed by atoms with van der Waals surface area (Å²) < 4.78 is 23.5. The van der Waals surface area contributed by atoms with Crippen LogP contribution in [0.4, 0.5) is 5.69 Å².